The average Bonchev–Trinajstić information content (AvgIpc) is 2.41. The second kappa shape index (κ2) is 5.75. The van der Waals surface area contributed by atoms with Crippen molar-refractivity contribution in [2.75, 3.05) is 5.32 Å². The molecule has 0 aliphatic carbocycles. The molecular formula is C14H11BrN2O3. The molecule has 0 unspecified atom stereocenters. The number of anilines is 2. The first-order valence-corrected chi connectivity index (χ1v) is 6.46. The van der Waals surface area contributed by atoms with Crippen molar-refractivity contribution >= 4 is 39.2 Å². The third-order valence-electron chi connectivity index (χ3n) is 2.66. The van der Waals surface area contributed by atoms with Gasteiger partial charge in [-0.1, -0.05) is 15.9 Å². The van der Waals surface area contributed by atoms with E-state index >= 15 is 0 Å². The second-order valence-electron chi connectivity index (χ2n) is 4.06. The van der Waals surface area contributed by atoms with E-state index < -0.39 is 11.9 Å². The van der Waals surface area contributed by atoms with Crippen LogP contribution in [0.15, 0.2) is 46.9 Å². The highest BCUT2D eigenvalue weighted by molar-refractivity contribution is 9.10. The van der Waals surface area contributed by atoms with E-state index in [9.17, 15) is 9.59 Å². The SMILES string of the molecule is NC(=O)c1cc(Br)ccc1Nc1ccc(C(=O)O)cc1. The summed E-state index contributed by atoms with van der Waals surface area (Å²) in [7, 11) is 0. The number of nitrogens with one attached hydrogen (secondary N) is 1. The van der Waals surface area contributed by atoms with Crippen LogP contribution in [0.4, 0.5) is 11.4 Å². The van der Waals surface area contributed by atoms with Crippen LogP contribution in [0.5, 0.6) is 0 Å². The summed E-state index contributed by atoms with van der Waals surface area (Å²) in [6, 6.07) is 11.3. The van der Waals surface area contributed by atoms with Crippen molar-refractivity contribution in [3.8, 4) is 0 Å². The zero-order valence-electron chi connectivity index (χ0n) is 10.3. The highest BCUT2D eigenvalue weighted by Crippen LogP contribution is 2.24. The number of rotatable bonds is 4. The highest BCUT2D eigenvalue weighted by atomic mass is 79.9. The van der Waals surface area contributed by atoms with Crippen LogP contribution < -0.4 is 11.1 Å². The Bertz CT molecular complexity index is 669. The minimum absolute atomic E-state index is 0.196. The quantitative estimate of drug-likeness (QED) is 0.801. The summed E-state index contributed by atoms with van der Waals surface area (Å²) in [6.45, 7) is 0. The van der Waals surface area contributed by atoms with Gasteiger partial charge < -0.3 is 16.2 Å². The molecule has 0 aliphatic rings. The van der Waals surface area contributed by atoms with E-state index in [2.05, 4.69) is 21.2 Å². The number of primary amides is 1. The van der Waals surface area contributed by atoms with Crippen LogP contribution in [0.1, 0.15) is 20.7 Å². The molecule has 0 heterocycles. The summed E-state index contributed by atoms with van der Waals surface area (Å²) >= 11 is 3.27. The van der Waals surface area contributed by atoms with Crippen LogP contribution in [-0.4, -0.2) is 17.0 Å². The van der Waals surface area contributed by atoms with Crippen LogP contribution in [0.2, 0.25) is 0 Å². The lowest BCUT2D eigenvalue weighted by Gasteiger charge is -2.10. The molecule has 0 aliphatic heterocycles. The van der Waals surface area contributed by atoms with E-state index in [0.29, 0.717) is 16.9 Å². The summed E-state index contributed by atoms with van der Waals surface area (Å²) in [6.07, 6.45) is 0. The summed E-state index contributed by atoms with van der Waals surface area (Å²) in [5.74, 6) is -1.53. The molecule has 0 fully saturated rings. The maximum absolute atomic E-state index is 11.4. The number of amides is 1. The number of carbonyl (C=O) groups excluding carboxylic acids is 1. The van der Waals surface area contributed by atoms with Gasteiger partial charge in [-0.15, -0.1) is 0 Å². The van der Waals surface area contributed by atoms with Crippen LogP contribution >= 0.6 is 15.9 Å². The van der Waals surface area contributed by atoms with E-state index in [1.165, 1.54) is 12.1 Å². The molecule has 0 saturated carbocycles. The highest BCUT2D eigenvalue weighted by Gasteiger charge is 2.09. The van der Waals surface area contributed by atoms with Crippen LogP contribution in [0, 0.1) is 0 Å². The van der Waals surface area contributed by atoms with E-state index in [4.69, 9.17) is 10.8 Å². The fourth-order valence-corrected chi connectivity index (χ4v) is 2.04. The van der Waals surface area contributed by atoms with Gasteiger partial charge in [-0.2, -0.15) is 0 Å². The van der Waals surface area contributed by atoms with Gasteiger partial charge in [-0.3, -0.25) is 4.79 Å². The standard InChI is InChI=1S/C14H11BrN2O3/c15-9-3-6-12(11(7-9)13(16)18)17-10-4-1-8(2-5-10)14(19)20/h1-7,17H,(H2,16,18)(H,19,20). The molecule has 0 saturated heterocycles. The molecular weight excluding hydrogens is 324 g/mol. The van der Waals surface area contributed by atoms with E-state index in [-0.39, 0.29) is 5.56 Å². The molecule has 1 amide bonds. The second-order valence-corrected chi connectivity index (χ2v) is 4.98. The Morgan fingerprint density at radius 1 is 1.10 bits per heavy atom. The van der Waals surface area contributed by atoms with Crippen molar-refractivity contribution in [3.05, 3.63) is 58.1 Å². The molecule has 0 spiro atoms. The third-order valence-corrected chi connectivity index (χ3v) is 3.15. The van der Waals surface area contributed by atoms with Crippen LogP contribution in [0.25, 0.3) is 0 Å². The first-order chi connectivity index (χ1) is 9.47. The van der Waals surface area contributed by atoms with Crippen LogP contribution in [-0.2, 0) is 0 Å². The zero-order valence-corrected chi connectivity index (χ0v) is 11.8. The monoisotopic (exact) mass is 334 g/mol. The molecule has 20 heavy (non-hydrogen) atoms. The van der Waals surface area contributed by atoms with Crippen molar-refractivity contribution < 1.29 is 14.7 Å². The van der Waals surface area contributed by atoms with Gasteiger partial charge >= 0.3 is 5.97 Å². The number of carbonyl (C=O) groups is 2. The van der Waals surface area contributed by atoms with Crippen LogP contribution in [0.3, 0.4) is 0 Å². The molecule has 0 bridgehead atoms. The Balaban J connectivity index is 2.30. The number of hydrogen-bond acceptors (Lipinski definition) is 3. The van der Waals surface area contributed by atoms with Crippen molar-refractivity contribution in [2.24, 2.45) is 5.73 Å². The molecule has 0 radical (unpaired) electrons. The number of carboxylic acids is 1. The third kappa shape index (κ3) is 3.16. The van der Waals surface area contributed by atoms with Crippen molar-refractivity contribution in [3.63, 3.8) is 0 Å². The van der Waals surface area contributed by atoms with Gasteiger partial charge in [0.05, 0.1) is 16.8 Å². The summed E-state index contributed by atoms with van der Waals surface area (Å²) < 4.78 is 0.748. The number of aromatic carboxylic acids is 1. The fourth-order valence-electron chi connectivity index (χ4n) is 1.68. The van der Waals surface area contributed by atoms with E-state index in [1.807, 2.05) is 0 Å². The first-order valence-electron chi connectivity index (χ1n) is 5.67. The maximum atomic E-state index is 11.4. The predicted octanol–water partition coefficient (Wildman–Crippen LogP) is 2.99. The van der Waals surface area contributed by atoms with Gasteiger partial charge in [-0.25, -0.2) is 4.79 Å². The van der Waals surface area contributed by atoms with Crippen molar-refractivity contribution in [1.29, 1.82) is 0 Å². The Morgan fingerprint density at radius 2 is 1.75 bits per heavy atom. The van der Waals surface area contributed by atoms with E-state index in [0.717, 1.165) is 4.47 Å². The van der Waals surface area contributed by atoms with Gasteiger partial charge in [0.15, 0.2) is 0 Å². The average molecular weight is 335 g/mol. The zero-order chi connectivity index (χ0) is 14.7. The fraction of sp³-hybridized carbons (Fsp3) is 0. The molecule has 102 valence electrons. The smallest absolute Gasteiger partial charge is 0.335 e. The molecule has 2 rings (SSSR count). The number of halogens is 1. The van der Waals surface area contributed by atoms with Crippen molar-refractivity contribution in [2.45, 2.75) is 0 Å². The first kappa shape index (κ1) is 14.1. The molecule has 0 atom stereocenters. The molecule has 5 nitrogen and oxygen atoms in total. The lowest BCUT2D eigenvalue weighted by Crippen LogP contribution is -2.13. The molecule has 6 heteroatoms. The topological polar surface area (TPSA) is 92.4 Å². The molecule has 2 aromatic rings. The lowest BCUT2D eigenvalue weighted by molar-refractivity contribution is 0.0696. The molecule has 4 N–H and O–H groups in total. The Labute approximate surface area is 123 Å². The van der Waals surface area contributed by atoms with Gasteiger partial charge in [0, 0.05) is 10.2 Å². The minimum atomic E-state index is -0.988. The van der Waals surface area contributed by atoms with Gasteiger partial charge in [-0.05, 0) is 42.5 Å². The summed E-state index contributed by atoms with van der Waals surface area (Å²) in [5, 5.41) is 11.9. The normalized spacial score (nSPS) is 10.1. The van der Waals surface area contributed by atoms with E-state index in [1.54, 1.807) is 30.3 Å². The van der Waals surface area contributed by atoms with Crippen molar-refractivity contribution in [1.82, 2.24) is 0 Å². The van der Waals surface area contributed by atoms with Gasteiger partial charge in [0.25, 0.3) is 5.91 Å². The Hall–Kier alpha value is -2.34. The predicted molar refractivity (Wildman–Crippen MR) is 79.3 cm³/mol. The minimum Gasteiger partial charge on any atom is -0.478 e. The number of nitrogens with two attached hydrogens (primary N) is 1. The summed E-state index contributed by atoms with van der Waals surface area (Å²) in [4.78, 5) is 22.2. The molecule has 2 aromatic carbocycles. The van der Waals surface area contributed by atoms with Gasteiger partial charge in [0.1, 0.15) is 0 Å². The summed E-state index contributed by atoms with van der Waals surface area (Å²) in [5.41, 5.74) is 7.09. The Morgan fingerprint density at radius 3 is 2.30 bits per heavy atom. The lowest BCUT2D eigenvalue weighted by atomic mass is 10.1. The maximum Gasteiger partial charge on any atom is 0.335 e. The largest absolute Gasteiger partial charge is 0.478 e. The number of benzene rings is 2. The molecule has 0 aromatic heterocycles. The van der Waals surface area contributed by atoms with Gasteiger partial charge in [0.2, 0.25) is 0 Å². The number of hydrogen-bond donors (Lipinski definition) is 3. The number of carboxylic acid groups (broad SMARTS) is 1. The Kier molecular flexibility index (Phi) is 4.05.